The van der Waals surface area contributed by atoms with Crippen LogP contribution in [0.15, 0.2) is 30.5 Å². The van der Waals surface area contributed by atoms with E-state index in [2.05, 4.69) is 21.3 Å². The molecule has 1 aliphatic heterocycles. The predicted octanol–water partition coefficient (Wildman–Crippen LogP) is 2.16. The summed E-state index contributed by atoms with van der Waals surface area (Å²) in [4.78, 5) is 18.4. The molecular weight excluding hydrogens is 226 g/mol. The first-order valence-corrected chi connectivity index (χ1v) is 6.27. The summed E-state index contributed by atoms with van der Waals surface area (Å²) >= 11 is 0. The number of nitrogens with zero attached hydrogens (tertiary/aromatic N) is 2. The third-order valence-corrected chi connectivity index (χ3v) is 3.61. The molecule has 2 heterocycles. The number of aromatic nitrogens is 1. The van der Waals surface area contributed by atoms with Gasteiger partial charge in [-0.2, -0.15) is 0 Å². The lowest BCUT2D eigenvalue weighted by molar-refractivity contribution is -0.115. The van der Waals surface area contributed by atoms with Crippen LogP contribution >= 0.6 is 0 Å². The second-order valence-electron chi connectivity index (χ2n) is 4.94. The van der Waals surface area contributed by atoms with E-state index in [-0.39, 0.29) is 5.91 Å². The van der Waals surface area contributed by atoms with E-state index in [1.54, 1.807) is 6.20 Å². The van der Waals surface area contributed by atoms with Gasteiger partial charge in [0.1, 0.15) is 0 Å². The number of pyridine rings is 1. The summed E-state index contributed by atoms with van der Waals surface area (Å²) < 4.78 is 0. The maximum absolute atomic E-state index is 11.7. The number of fused-ring (bicyclic) bond motifs is 3. The number of hydrogen-bond acceptors (Lipinski definition) is 3. The fourth-order valence-corrected chi connectivity index (χ4v) is 2.65. The lowest BCUT2D eigenvalue weighted by Gasteiger charge is -2.31. The van der Waals surface area contributed by atoms with Crippen molar-refractivity contribution in [2.75, 3.05) is 16.8 Å². The minimum Gasteiger partial charge on any atom is -0.357 e. The van der Waals surface area contributed by atoms with Crippen LogP contribution in [0.2, 0.25) is 0 Å². The first kappa shape index (κ1) is 9.88. The first-order chi connectivity index (χ1) is 8.83. The van der Waals surface area contributed by atoms with Crippen molar-refractivity contribution in [3.63, 3.8) is 0 Å². The van der Waals surface area contributed by atoms with Gasteiger partial charge in [0.2, 0.25) is 5.91 Å². The third kappa shape index (κ3) is 1.38. The Morgan fingerprint density at radius 1 is 1.28 bits per heavy atom. The number of carbonyl (C=O) groups excluding carboxylic acids is 1. The van der Waals surface area contributed by atoms with Crippen LogP contribution < -0.4 is 10.2 Å². The van der Waals surface area contributed by atoms with Crippen LogP contribution in [0.3, 0.4) is 0 Å². The molecule has 1 fully saturated rings. The Morgan fingerprint density at radius 2 is 2.11 bits per heavy atom. The third-order valence-electron chi connectivity index (χ3n) is 3.61. The molecule has 1 aromatic carbocycles. The maximum Gasteiger partial charge on any atom is 0.244 e. The highest BCUT2D eigenvalue weighted by atomic mass is 16.2. The van der Waals surface area contributed by atoms with Crippen LogP contribution in [0.4, 0.5) is 11.4 Å². The van der Waals surface area contributed by atoms with Crippen LogP contribution in [0.5, 0.6) is 0 Å². The van der Waals surface area contributed by atoms with Crippen LogP contribution in [-0.4, -0.2) is 23.5 Å². The van der Waals surface area contributed by atoms with Gasteiger partial charge >= 0.3 is 0 Å². The number of nitrogens with one attached hydrogen (secondary N) is 1. The van der Waals surface area contributed by atoms with Crippen molar-refractivity contribution >= 4 is 28.2 Å². The summed E-state index contributed by atoms with van der Waals surface area (Å²) in [5, 5.41) is 4.05. The van der Waals surface area contributed by atoms with Gasteiger partial charge in [0.05, 0.1) is 29.6 Å². The average molecular weight is 239 g/mol. The summed E-state index contributed by atoms with van der Waals surface area (Å²) in [7, 11) is 0. The van der Waals surface area contributed by atoms with Crippen molar-refractivity contribution < 1.29 is 4.79 Å². The molecule has 2 aliphatic rings. The molecule has 0 spiro atoms. The van der Waals surface area contributed by atoms with E-state index < -0.39 is 0 Å². The van der Waals surface area contributed by atoms with Gasteiger partial charge in [-0.15, -0.1) is 0 Å². The molecule has 1 N–H and O–H groups in total. The molecule has 2 aromatic rings. The molecule has 1 amide bonds. The van der Waals surface area contributed by atoms with Crippen LogP contribution in [-0.2, 0) is 4.79 Å². The molecule has 18 heavy (non-hydrogen) atoms. The molecule has 4 heteroatoms. The second-order valence-corrected chi connectivity index (χ2v) is 4.94. The van der Waals surface area contributed by atoms with Gasteiger partial charge in [-0.3, -0.25) is 9.78 Å². The molecule has 4 nitrogen and oxygen atoms in total. The van der Waals surface area contributed by atoms with Gasteiger partial charge in [0.25, 0.3) is 0 Å². The van der Waals surface area contributed by atoms with E-state index in [4.69, 9.17) is 0 Å². The van der Waals surface area contributed by atoms with Crippen molar-refractivity contribution in [1.82, 2.24) is 4.98 Å². The molecule has 0 atom stereocenters. The smallest absolute Gasteiger partial charge is 0.244 e. The molecule has 4 rings (SSSR count). The molecule has 90 valence electrons. The Bertz CT molecular complexity index is 649. The lowest BCUT2D eigenvalue weighted by atomic mass is 10.1. The van der Waals surface area contributed by atoms with Crippen molar-refractivity contribution in [2.24, 2.45) is 0 Å². The normalized spacial score (nSPS) is 18.7. The Balaban J connectivity index is 1.99. The highest BCUT2D eigenvalue weighted by Crippen LogP contribution is 2.41. The van der Waals surface area contributed by atoms with Crippen molar-refractivity contribution in [3.05, 3.63) is 30.5 Å². The van der Waals surface area contributed by atoms with Gasteiger partial charge in [0, 0.05) is 11.4 Å². The highest BCUT2D eigenvalue weighted by molar-refractivity contribution is 6.08. The van der Waals surface area contributed by atoms with Gasteiger partial charge in [-0.25, -0.2) is 0 Å². The molecule has 1 aromatic heterocycles. The zero-order chi connectivity index (χ0) is 12.1. The van der Waals surface area contributed by atoms with Gasteiger partial charge < -0.3 is 10.2 Å². The second kappa shape index (κ2) is 3.45. The summed E-state index contributed by atoms with van der Waals surface area (Å²) in [5.74, 6) is 0.0616. The first-order valence-electron chi connectivity index (χ1n) is 6.27. The van der Waals surface area contributed by atoms with Crippen LogP contribution in [0.1, 0.15) is 12.8 Å². The number of benzene rings is 1. The maximum atomic E-state index is 11.7. The number of rotatable bonds is 1. The number of hydrogen-bond donors (Lipinski definition) is 1. The SMILES string of the molecule is O=C1CN(C2CC2)c2c(cnc3ccccc23)N1. The zero-order valence-corrected chi connectivity index (χ0v) is 9.89. The molecule has 0 saturated heterocycles. The number of carbonyl (C=O) groups is 1. The molecular formula is C14H13N3O. The topological polar surface area (TPSA) is 45.2 Å². The summed E-state index contributed by atoms with van der Waals surface area (Å²) in [6, 6.07) is 8.63. The number of amides is 1. The largest absolute Gasteiger partial charge is 0.357 e. The summed E-state index contributed by atoms with van der Waals surface area (Å²) in [5.41, 5.74) is 2.97. The van der Waals surface area contributed by atoms with Gasteiger partial charge in [-0.1, -0.05) is 18.2 Å². The van der Waals surface area contributed by atoms with Crippen LogP contribution in [0, 0.1) is 0 Å². The standard InChI is InChI=1S/C14H13N3O/c18-13-8-17(9-5-6-9)14-10-3-1-2-4-11(10)15-7-12(14)16-13/h1-4,7,9H,5-6,8H2,(H,16,18). The van der Waals surface area contributed by atoms with E-state index in [1.165, 1.54) is 12.8 Å². The molecule has 0 bridgehead atoms. The van der Waals surface area contributed by atoms with Crippen molar-refractivity contribution in [3.8, 4) is 0 Å². The Labute approximate surface area is 105 Å². The van der Waals surface area contributed by atoms with Crippen molar-refractivity contribution in [2.45, 2.75) is 18.9 Å². The summed E-state index contributed by atoms with van der Waals surface area (Å²) in [6.45, 7) is 0.464. The molecule has 1 aliphatic carbocycles. The van der Waals surface area contributed by atoms with E-state index >= 15 is 0 Å². The van der Waals surface area contributed by atoms with Crippen molar-refractivity contribution in [1.29, 1.82) is 0 Å². The molecule has 0 radical (unpaired) electrons. The highest BCUT2D eigenvalue weighted by Gasteiger charge is 2.35. The molecule has 0 unspecified atom stereocenters. The van der Waals surface area contributed by atoms with E-state index in [1.807, 2.05) is 18.2 Å². The monoisotopic (exact) mass is 239 g/mol. The minimum atomic E-state index is 0.0616. The molecule has 1 saturated carbocycles. The fourth-order valence-electron chi connectivity index (χ4n) is 2.65. The Kier molecular flexibility index (Phi) is 1.89. The summed E-state index contributed by atoms with van der Waals surface area (Å²) in [6.07, 6.45) is 4.14. The number of para-hydroxylation sites is 1. The zero-order valence-electron chi connectivity index (χ0n) is 9.89. The lowest BCUT2D eigenvalue weighted by Crippen LogP contribution is -2.39. The van der Waals surface area contributed by atoms with E-state index in [0.29, 0.717) is 12.6 Å². The van der Waals surface area contributed by atoms with Gasteiger partial charge in [0.15, 0.2) is 0 Å². The number of anilines is 2. The fraction of sp³-hybridized carbons (Fsp3) is 0.286. The predicted molar refractivity (Wildman–Crippen MR) is 70.7 cm³/mol. The van der Waals surface area contributed by atoms with E-state index in [9.17, 15) is 4.79 Å². The van der Waals surface area contributed by atoms with E-state index in [0.717, 1.165) is 22.3 Å². The average Bonchev–Trinajstić information content (AvgIpc) is 3.21. The quantitative estimate of drug-likeness (QED) is 0.829. The Hall–Kier alpha value is -2.10. The minimum absolute atomic E-state index is 0.0616. The van der Waals surface area contributed by atoms with Crippen LogP contribution in [0.25, 0.3) is 10.9 Å². The van der Waals surface area contributed by atoms with Gasteiger partial charge in [-0.05, 0) is 18.9 Å². The Morgan fingerprint density at radius 3 is 2.94 bits per heavy atom.